The van der Waals surface area contributed by atoms with Crippen LogP contribution in [0.15, 0.2) is 34.2 Å². The molecule has 2 aromatic rings. The summed E-state index contributed by atoms with van der Waals surface area (Å²) in [5.41, 5.74) is 4.45. The molecule has 1 aromatic carbocycles. The molecule has 0 amide bonds. The number of aliphatic imine (C=N–C) groups is 1. The topological polar surface area (TPSA) is 100 Å². The van der Waals surface area contributed by atoms with E-state index >= 15 is 0 Å². The molecule has 1 aliphatic carbocycles. The quantitative estimate of drug-likeness (QED) is 0.405. The summed E-state index contributed by atoms with van der Waals surface area (Å²) in [5, 5.41) is 11.2. The molecule has 31 heavy (non-hydrogen) atoms. The van der Waals surface area contributed by atoms with Crippen LogP contribution in [0.4, 0.5) is 0 Å². The minimum Gasteiger partial charge on any atom is -0.357 e. The molecule has 1 fully saturated rings. The standard InChI is InChI=1S/C22H34N6O2S/c1-6-23-22(25-15(2)13-21-16(3)26-28(5)17(21)4)24-14-18-7-11-20(12-8-18)31(29,30)27-19-9-10-19/h7-8,11-12,15,19,27H,6,9-10,13-14H2,1-5H3,(H2,23,24,25). The largest absolute Gasteiger partial charge is 0.357 e. The zero-order valence-electron chi connectivity index (χ0n) is 19.1. The summed E-state index contributed by atoms with van der Waals surface area (Å²) >= 11 is 0. The highest BCUT2D eigenvalue weighted by atomic mass is 32.2. The number of nitrogens with zero attached hydrogens (tertiary/aromatic N) is 3. The summed E-state index contributed by atoms with van der Waals surface area (Å²) in [6, 6.07) is 7.21. The molecule has 0 saturated heterocycles. The Balaban J connectivity index is 1.62. The third-order valence-electron chi connectivity index (χ3n) is 5.45. The van der Waals surface area contributed by atoms with E-state index in [1.54, 1.807) is 12.1 Å². The molecular weight excluding hydrogens is 412 g/mol. The van der Waals surface area contributed by atoms with Crippen LogP contribution in [0.2, 0.25) is 0 Å². The molecule has 1 unspecified atom stereocenters. The fourth-order valence-electron chi connectivity index (χ4n) is 3.46. The second-order valence-corrected chi connectivity index (χ2v) is 9.97. The second kappa shape index (κ2) is 9.82. The van der Waals surface area contributed by atoms with Crippen LogP contribution in [0, 0.1) is 13.8 Å². The smallest absolute Gasteiger partial charge is 0.240 e. The number of aryl methyl sites for hydroxylation is 2. The van der Waals surface area contributed by atoms with Crippen molar-refractivity contribution >= 4 is 16.0 Å². The average molecular weight is 447 g/mol. The van der Waals surface area contributed by atoms with E-state index in [4.69, 9.17) is 0 Å². The van der Waals surface area contributed by atoms with E-state index in [2.05, 4.69) is 39.3 Å². The van der Waals surface area contributed by atoms with E-state index in [9.17, 15) is 8.42 Å². The number of nitrogens with one attached hydrogen (secondary N) is 3. The molecule has 8 nitrogen and oxygen atoms in total. The predicted octanol–water partition coefficient (Wildman–Crippen LogP) is 2.16. The number of guanidine groups is 1. The molecule has 1 aliphatic rings. The molecule has 3 rings (SSSR count). The molecule has 1 heterocycles. The number of rotatable bonds is 9. The van der Waals surface area contributed by atoms with Gasteiger partial charge in [0.2, 0.25) is 10.0 Å². The second-order valence-electron chi connectivity index (χ2n) is 8.26. The minimum absolute atomic E-state index is 0.101. The van der Waals surface area contributed by atoms with E-state index in [-0.39, 0.29) is 12.1 Å². The van der Waals surface area contributed by atoms with Crippen molar-refractivity contribution in [3.8, 4) is 0 Å². The first-order valence-corrected chi connectivity index (χ1v) is 12.3. The third-order valence-corrected chi connectivity index (χ3v) is 6.99. The number of aromatic nitrogens is 2. The van der Waals surface area contributed by atoms with Gasteiger partial charge in [-0.15, -0.1) is 0 Å². The summed E-state index contributed by atoms with van der Waals surface area (Å²) in [5.74, 6) is 0.737. The Morgan fingerprint density at radius 3 is 2.48 bits per heavy atom. The zero-order valence-corrected chi connectivity index (χ0v) is 19.9. The maximum atomic E-state index is 12.3. The summed E-state index contributed by atoms with van der Waals surface area (Å²) < 4.78 is 29.2. The van der Waals surface area contributed by atoms with Crippen molar-refractivity contribution in [2.75, 3.05) is 6.54 Å². The van der Waals surface area contributed by atoms with E-state index in [0.29, 0.717) is 11.4 Å². The lowest BCUT2D eigenvalue weighted by molar-refractivity contribution is 0.581. The molecule has 1 aromatic heterocycles. The lowest BCUT2D eigenvalue weighted by atomic mass is 10.1. The van der Waals surface area contributed by atoms with Crippen molar-refractivity contribution in [1.82, 2.24) is 25.1 Å². The Bertz CT molecular complexity index is 1020. The molecule has 9 heteroatoms. The van der Waals surface area contributed by atoms with Gasteiger partial charge in [0, 0.05) is 31.4 Å². The van der Waals surface area contributed by atoms with Crippen LogP contribution in [0.3, 0.4) is 0 Å². The first kappa shape index (κ1) is 23.3. The van der Waals surface area contributed by atoms with E-state index in [1.165, 1.54) is 11.3 Å². The highest BCUT2D eigenvalue weighted by Crippen LogP contribution is 2.22. The van der Waals surface area contributed by atoms with Crippen LogP contribution in [-0.2, 0) is 30.0 Å². The maximum absolute atomic E-state index is 12.3. The fourth-order valence-corrected chi connectivity index (χ4v) is 4.76. The summed E-state index contributed by atoms with van der Waals surface area (Å²) in [6.45, 7) is 9.51. The number of benzene rings is 1. The molecule has 1 atom stereocenters. The van der Waals surface area contributed by atoms with Crippen molar-refractivity contribution in [3.05, 3.63) is 46.8 Å². The van der Waals surface area contributed by atoms with Gasteiger partial charge in [0.1, 0.15) is 0 Å². The highest BCUT2D eigenvalue weighted by Gasteiger charge is 2.27. The van der Waals surface area contributed by atoms with Gasteiger partial charge in [-0.25, -0.2) is 18.1 Å². The Morgan fingerprint density at radius 2 is 1.94 bits per heavy atom. The summed E-state index contributed by atoms with van der Waals surface area (Å²) in [7, 11) is -1.46. The van der Waals surface area contributed by atoms with Gasteiger partial charge in [-0.3, -0.25) is 4.68 Å². The summed E-state index contributed by atoms with van der Waals surface area (Å²) in [4.78, 5) is 4.97. The Kier molecular flexibility index (Phi) is 7.38. The lowest BCUT2D eigenvalue weighted by Crippen LogP contribution is -2.43. The molecule has 1 saturated carbocycles. The van der Waals surface area contributed by atoms with Crippen LogP contribution in [0.5, 0.6) is 0 Å². The van der Waals surface area contributed by atoms with Gasteiger partial charge < -0.3 is 10.6 Å². The molecule has 0 aliphatic heterocycles. The van der Waals surface area contributed by atoms with E-state index in [1.807, 2.05) is 37.7 Å². The van der Waals surface area contributed by atoms with E-state index < -0.39 is 10.0 Å². The SMILES string of the molecule is CCNC(=NCc1ccc(S(=O)(=O)NC2CC2)cc1)NC(C)Cc1c(C)nn(C)c1C. The molecule has 3 N–H and O–H groups in total. The number of hydrogen-bond donors (Lipinski definition) is 3. The van der Waals surface area contributed by atoms with E-state index in [0.717, 1.165) is 43.0 Å². The predicted molar refractivity (Wildman–Crippen MR) is 124 cm³/mol. The van der Waals surface area contributed by atoms with Crippen LogP contribution >= 0.6 is 0 Å². The minimum atomic E-state index is -3.42. The van der Waals surface area contributed by atoms with Crippen LogP contribution in [0.1, 0.15) is 49.2 Å². The molecule has 0 radical (unpaired) electrons. The lowest BCUT2D eigenvalue weighted by Gasteiger charge is -2.18. The highest BCUT2D eigenvalue weighted by molar-refractivity contribution is 7.89. The average Bonchev–Trinajstić information content (AvgIpc) is 3.49. The third kappa shape index (κ3) is 6.30. The first-order valence-electron chi connectivity index (χ1n) is 10.8. The van der Waals surface area contributed by atoms with Crippen molar-refractivity contribution in [1.29, 1.82) is 0 Å². The van der Waals surface area contributed by atoms with Gasteiger partial charge in [0.15, 0.2) is 5.96 Å². The van der Waals surface area contributed by atoms with Gasteiger partial charge in [-0.2, -0.15) is 5.10 Å². The Hall–Kier alpha value is -2.39. The molecule has 0 spiro atoms. The zero-order chi connectivity index (χ0) is 22.6. The molecular formula is C22H34N6O2S. The Morgan fingerprint density at radius 1 is 1.26 bits per heavy atom. The van der Waals surface area contributed by atoms with Gasteiger partial charge in [0.05, 0.1) is 17.1 Å². The molecule has 0 bridgehead atoms. The summed E-state index contributed by atoms with van der Waals surface area (Å²) in [6.07, 6.45) is 2.70. The first-order chi connectivity index (χ1) is 14.7. The number of hydrogen-bond acceptors (Lipinski definition) is 4. The molecule has 170 valence electrons. The van der Waals surface area contributed by atoms with Gasteiger partial charge in [0.25, 0.3) is 0 Å². The van der Waals surface area contributed by atoms with Gasteiger partial charge in [-0.1, -0.05) is 12.1 Å². The van der Waals surface area contributed by atoms with Crippen LogP contribution in [0.25, 0.3) is 0 Å². The normalized spacial score (nSPS) is 15.7. The van der Waals surface area contributed by atoms with Gasteiger partial charge >= 0.3 is 0 Å². The Labute approximate surface area is 185 Å². The number of sulfonamides is 1. The van der Waals surface area contributed by atoms with Crippen LogP contribution in [-0.4, -0.2) is 42.8 Å². The monoisotopic (exact) mass is 446 g/mol. The van der Waals surface area contributed by atoms with Crippen molar-refractivity contribution in [2.45, 2.75) is 70.5 Å². The van der Waals surface area contributed by atoms with Crippen molar-refractivity contribution in [3.63, 3.8) is 0 Å². The fraction of sp³-hybridized carbons (Fsp3) is 0.545. The van der Waals surface area contributed by atoms with Crippen molar-refractivity contribution < 1.29 is 8.42 Å². The maximum Gasteiger partial charge on any atom is 0.240 e. The van der Waals surface area contributed by atoms with Gasteiger partial charge in [-0.05, 0) is 70.2 Å². The van der Waals surface area contributed by atoms with Crippen molar-refractivity contribution in [2.24, 2.45) is 12.0 Å². The van der Waals surface area contributed by atoms with Crippen LogP contribution < -0.4 is 15.4 Å².